The molecule has 1 aromatic carbocycles. The Morgan fingerprint density at radius 3 is 2.18 bits per heavy atom. The molecule has 2 aliphatic heterocycles. The monoisotopic (exact) mass is 511 g/mol. The van der Waals surface area contributed by atoms with Crippen LogP contribution in [0, 0.1) is 0 Å². The third-order valence-corrected chi connectivity index (χ3v) is 7.18. The topological polar surface area (TPSA) is 101 Å². The van der Waals surface area contributed by atoms with Crippen LogP contribution in [0.5, 0.6) is 0 Å². The molecule has 0 saturated carbocycles. The van der Waals surface area contributed by atoms with Gasteiger partial charge in [0.25, 0.3) is 11.8 Å². The van der Waals surface area contributed by atoms with Crippen molar-refractivity contribution in [2.45, 2.75) is 25.7 Å². The van der Waals surface area contributed by atoms with E-state index in [1.165, 1.54) is 30.0 Å². The molecule has 34 heavy (non-hydrogen) atoms. The predicted octanol–water partition coefficient (Wildman–Crippen LogP) is -0.695. The number of anilines is 1. The minimum atomic E-state index is -4.30. The maximum atomic E-state index is 12.4. The number of thiocarbonyl (C=S) groups is 1. The van der Waals surface area contributed by atoms with Gasteiger partial charge in [-0.3, -0.25) is 19.4 Å². The van der Waals surface area contributed by atoms with Crippen molar-refractivity contribution in [3.05, 3.63) is 65.4 Å². The van der Waals surface area contributed by atoms with E-state index in [1.807, 2.05) is 35.2 Å². The summed E-state index contributed by atoms with van der Waals surface area (Å²) in [7, 11) is -1.26. The zero-order valence-corrected chi connectivity index (χ0v) is 23.6. The van der Waals surface area contributed by atoms with Crippen LogP contribution in [0.25, 0.3) is 0 Å². The van der Waals surface area contributed by atoms with Crippen LogP contribution in [0.3, 0.4) is 0 Å². The third-order valence-electron chi connectivity index (χ3n) is 5.85. The minimum absolute atomic E-state index is 0. The second kappa shape index (κ2) is 10.8. The standard InChI is InChI=1S/C23H27N3O5S2.Na/c1-23(2)17-11-6-7-12-18(17)26(14-9-15-33(29,30)31)19(23)13-8-5-10-16-20(27)24(3)22(32)25(4)21(16)28;/h5-8,10-13H,9,14-15H2,1-4H3,(H,29,30,31);/q;+1/p-1/b8-5+,19-13-;. The van der Waals surface area contributed by atoms with E-state index in [2.05, 4.69) is 13.8 Å². The Morgan fingerprint density at radius 1 is 1.03 bits per heavy atom. The van der Waals surface area contributed by atoms with E-state index in [-0.39, 0.29) is 52.1 Å². The summed E-state index contributed by atoms with van der Waals surface area (Å²) in [5.74, 6) is -1.36. The smallest absolute Gasteiger partial charge is 0.748 e. The van der Waals surface area contributed by atoms with Crippen molar-refractivity contribution >= 4 is 45.0 Å². The van der Waals surface area contributed by atoms with Crippen molar-refractivity contribution in [2.75, 3.05) is 31.3 Å². The van der Waals surface area contributed by atoms with Crippen LogP contribution in [-0.4, -0.2) is 66.1 Å². The van der Waals surface area contributed by atoms with Gasteiger partial charge in [-0.1, -0.05) is 44.2 Å². The number of fused-ring (bicyclic) bond motifs is 1. The van der Waals surface area contributed by atoms with Crippen molar-refractivity contribution in [1.82, 2.24) is 9.80 Å². The Labute approximate surface area is 228 Å². The molecule has 176 valence electrons. The number of nitrogens with zero attached hydrogens (tertiary/aromatic N) is 3. The fraction of sp³-hybridized carbons (Fsp3) is 0.348. The van der Waals surface area contributed by atoms with E-state index in [9.17, 15) is 22.6 Å². The van der Waals surface area contributed by atoms with Crippen molar-refractivity contribution in [2.24, 2.45) is 0 Å². The van der Waals surface area contributed by atoms with Crippen LogP contribution in [0.15, 0.2) is 59.8 Å². The average molecular weight is 512 g/mol. The van der Waals surface area contributed by atoms with Crippen LogP contribution in [0.2, 0.25) is 0 Å². The van der Waals surface area contributed by atoms with Gasteiger partial charge in [-0.2, -0.15) is 0 Å². The number of allylic oxidation sites excluding steroid dienone is 5. The first kappa shape index (κ1) is 28.4. The van der Waals surface area contributed by atoms with Gasteiger partial charge in [-0.25, -0.2) is 8.42 Å². The Morgan fingerprint density at radius 2 is 1.59 bits per heavy atom. The van der Waals surface area contributed by atoms with Gasteiger partial charge in [0.05, 0.1) is 10.1 Å². The summed E-state index contributed by atoms with van der Waals surface area (Å²) >= 11 is 5.09. The number of carbonyl (C=O) groups is 2. The molecule has 0 aliphatic carbocycles. The average Bonchev–Trinajstić information content (AvgIpc) is 2.96. The van der Waals surface area contributed by atoms with E-state index in [4.69, 9.17) is 12.2 Å². The zero-order valence-electron chi connectivity index (χ0n) is 19.9. The molecular weight excluding hydrogens is 485 g/mol. The zero-order chi connectivity index (χ0) is 24.6. The number of carbonyl (C=O) groups excluding carboxylic acids is 2. The number of amides is 2. The normalized spacial score (nSPS) is 19.2. The summed E-state index contributed by atoms with van der Waals surface area (Å²) in [4.78, 5) is 29.4. The van der Waals surface area contributed by atoms with Gasteiger partial charge in [0.1, 0.15) is 5.57 Å². The van der Waals surface area contributed by atoms with Crippen molar-refractivity contribution < 1.29 is 52.1 Å². The number of benzene rings is 1. The summed E-state index contributed by atoms with van der Waals surface area (Å²) < 4.78 is 33.2. The van der Waals surface area contributed by atoms with E-state index in [0.29, 0.717) is 6.54 Å². The Bertz CT molecular complexity index is 1180. The number of hydrogen-bond donors (Lipinski definition) is 0. The summed E-state index contributed by atoms with van der Waals surface area (Å²) in [5, 5.41) is 0.148. The molecule has 0 atom stereocenters. The van der Waals surface area contributed by atoms with E-state index < -0.39 is 27.7 Å². The fourth-order valence-electron chi connectivity index (χ4n) is 4.07. The Kier molecular flexibility index (Phi) is 9.06. The van der Waals surface area contributed by atoms with Crippen LogP contribution in [0.4, 0.5) is 5.69 Å². The van der Waals surface area contributed by atoms with Gasteiger partial charge in [-0.15, -0.1) is 0 Å². The van der Waals surface area contributed by atoms with E-state index >= 15 is 0 Å². The molecule has 0 bridgehead atoms. The van der Waals surface area contributed by atoms with Gasteiger partial charge in [0, 0.05) is 43.2 Å². The molecule has 2 aliphatic rings. The quantitative estimate of drug-likeness (QED) is 0.164. The molecule has 2 heterocycles. The molecule has 0 spiro atoms. The number of likely N-dealkylation sites (N-methyl/N-ethyl adjacent to an activating group) is 2. The van der Waals surface area contributed by atoms with Gasteiger partial charge >= 0.3 is 29.6 Å². The largest absolute Gasteiger partial charge is 1.00 e. The molecule has 11 heteroatoms. The molecule has 0 unspecified atom stereocenters. The SMILES string of the molecule is CN1C(=O)C(=C/C=C/C=C2\N(CCCS(=O)(=O)[O-])c3ccccc3C2(C)C)C(=O)N(C)C1=S.[Na+]. The second-order valence-corrected chi connectivity index (χ2v) is 10.3. The summed E-state index contributed by atoms with van der Waals surface area (Å²) in [6.07, 6.45) is 6.88. The summed E-state index contributed by atoms with van der Waals surface area (Å²) in [5.41, 5.74) is 2.60. The maximum Gasteiger partial charge on any atom is 1.00 e. The second-order valence-electron chi connectivity index (χ2n) is 8.44. The predicted molar refractivity (Wildman–Crippen MR) is 129 cm³/mol. The third kappa shape index (κ3) is 5.69. The van der Waals surface area contributed by atoms with Gasteiger partial charge < -0.3 is 9.45 Å². The molecule has 2 amide bonds. The van der Waals surface area contributed by atoms with Crippen molar-refractivity contribution in [3.8, 4) is 0 Å². The van der Waals surface area contributed by atoms with Gasteiger partial charge in [0.15, 0.2) is 5.11 Å². The maximum absolute atomic E-state index is 12.4. The molecular formula is C23H26N3NaO5S2. The van der Waals surface area contributed by atoms with Crippen LogP contribution in [0.1, 0.15) is 25.8 Å². The first-order valence-electron chi connectivity index (χ1n) is 10.4. The Hall–Kier alpha value is -1.82. The fourth-order valence-corrected chi connectivity index (χ4v) is 4.72. The van der Waals surface area contributed by atoms with Gasteiger partial charge in [-0.05, 0) is 42.4 Å². The molecule has 0 aromatic heterocycles. The number of para-hydroxylation sites is 1. The molecule has 0 radical (unpaired) electrons. The molecule has 8 nitrogen and oxygen atoms in total. The summed E-state index contributed by atoms with van der Waals surface area (Å²) in [6.45, 7) is 4.49. The minimum Gasteiger partial charge on any atom is -0.748 e. The molecule has 1 fully saturated rings. The molecule has 0 N–H and O–H groups in total. The van der Waals surface area contributed by atoms with E-state index in [0.717, 1.165) is 16.9 Å². The van der Waals surface area contributed by atoms with Crippen molar-refractivity contribution in [1.29, 1.82) is 0 Å². The van der Waals surface area contributed by atoms with Crippen LogP contribution >= 0.6 is 12.2 Å². The molecule has 1 saturated heterocycles. The van der Waals surface area contributed by atoms with Crippen LogP contribution in [-0.2, 0) is 25.1 Å². The number of rotatable bonds is 6. The van der Waals surface area contributed by atoms with Crippen molar-refractivity contribution in [3.63, 3.8) is 0 Å². The first-order chi connectivity index (χ1) is 15.4. The summed E-state index contributed by atoms with van der Waals surface area (Å²) in [6, 6.07) is 7.84. The number of hydrogen-bond acceptors (Lipinski definition) is 7. The molecule has 3 rings (SSSR count). The first-order valence-corrected chi connectivity index (χ1v) is 12.3. The van der Waals surface area contributed by atoms with Crippen LogP contribution < -0.4 is 34.5 Å². The van der Waals surface area contributed by atoms with E-state index in [1.54, 1.807) is 12.2 Å². The molecule has 1 aromatic rings. The van der Waals surface area contributed by atoms with Gasteiger partial charge in [0.2, 0.25) is 0 Å². The Balaban J connectivity index is 0.00000408.